The van der Waals surface area contributed by atoms with Gasteiger partial charge in [0.05, 0.1) is 12.6 Å². The first-order valence-electron chi connectivity index (χ1n) is 9.57. The van der Waals surface area contributed by atoms with Crippen molar-refractivity contribution >= 4 is 17.6 Å². The Hall–Kier alpha value is -3.33. The van der Waals surface area contributed by atoms with Gasteiger partial charge in [-0.1, -0.05) is 78.4 Å². The Morgan fingerprint density at radius 2 is 1.71 bits per heavy atom. The van der Waals surface area contributed by atoms with Crippen molar-refractivity contribution in [2.75, 3.05) is 6.61 Å². The van der Waals surface area contributed by atoms with Crippen molar-refractivity contribution in [1.29, 1.82) is 0 Å². The number of ether oxygens (including phenoxy) is 1. The molecule has 3 aromatic rings. The van der Waals surface area contributed by atoms with Crippen LogP contribution in [-0.4, -0.2) is 12.5 Å². The SMILES string of the molecule is Cc1ccc2c(c1)C(NC(=O)/C(=C\c1ccccc1)c1ccccc1)CCO2. The van der Waals surface area contributed by atoms with Crippen molar-refractivity contribution < 1.29 is 9.53 Å². The minimum atomic E-state index is -0.0746. The molecule has 28 heavy (non-hydrogen) atoms. The average molecular weight is 369 g/mol. The largest absolute Gasteiger partial charge is 0.493 e. The Morgan fingerprint density at radius 3 is 2.46 bits per heavy atom. The van der Waals surface area contributed by atoms with E-state index < -0.39 is 0 Å². The smallest absolute Gasteiger partial charge is 0.252 e. The summed E-state index contributed by atoms with van der Waals surface area (Å²) in [5.41, 5.74) is 4.77. The van der Waals surface area contributed by atoms with Crippen molar-refractivity contribution in [3.63, 3.8) is 0 Å². The Balaban J connectivity index is 1.66. The van der Waals surface area contributed by atoms with Gasteiger partial charge in [-0.2, -0.15) is 0 Å². The lowest BCUT2D eigenvalue weighted by molar-refractivity contribution is -0.116. The van der Waals surface area contributed by atoms with Crippen LogP contribution in [0.3, 0.4) is 0 Å². The summed E-state index contributed by atoms with van der Waals surface area (Å²) in [5.74, 6) is 0.782. The number of carbonyl (C=O) groups is 1. The second-order valence-corrected chi connectivity index (χ2v) is 7.04. The molecule has 0 radical (unpaired) electrons. The highest BCUT2D eigenvalue weighted by Crippen LogP contribution is 2.33. The van der Waals surface area contributed by atoms with Crippen LogP contribution in [0.25, 0.3) is 11.6 Å². The van der Waals surface area contributed by atoms with Gasteiger partial charge in [-0.25, -0.2) is 0 Å². The van der Waals surface area contributed by atoms with Gasteiger partial charge in [-0.3, -0.25) is 4.79 Å². The molecule has 1 amide bonds. The molecule has 0 fully saturated rings. The van der Waals surface area contributed by atoms with Crippen LogP contribution in [-0.2, 0) is 4.79 Å². The van der Waals surface area contributed by atoms with Crippen LogP contribution in [0.1, 0.15) is 34.7 Å². The number of hydrogen-bond donors (Lipinski definition) is 1. The van der Waals surface area contributed by atoms with Gasteiger partial charge in [0, 0.05) is 17.6 Å². The first-order valence-corrected chi connectivity index (χ1v) is 9.57. The maximum absolute atomic E-state index is 13.3. The van der Waals surface area contributed by atoms with E-state index in [-0.39, 0.29) is 11.9 Å². The van der Waals surface area contributed by atoms with Gasteiger partial charge in [0.25, 0.3) is 5.91 Å². The number of amides is 1. The third-order valence-electron chi connectivity index (χ3n) is 4.95. The number of aryl methyl sites for hydroxylation is 1. The highest BCUT2D eigenvalue weighted by atomic mass is 16.5. The summed E-state index contributed by atoms with van der Waals surface area (Å²) in [5, 5.41) is 3.23. The van der Waals surface area contributed by atoms with Crippen molar-refractivity contribution in [3.05, 3.63) is 101 Å². The zero-order valence-corrected chi connectivity index (χ0v) is 15.9. The van der Waals surface area contributed by atoms with Crippen molar-refractivity contribution in [1.82, 2.24) is 5.32 Å². The standard InChI is InChI=1S/C25H23NO2/c1-18-12-13-24-22(16-18)23(14-15-28-24)26-25(27)21(20-10-6-3-7-11-20)17-19-8-4-2-5-9-19/h2-13,16-17,23H,14-15H2,1H3,(H,26,27)/b21-17-. The monoisotopic (exact) mass is 369 g/mol. The van der Waals surface area contributed by atoms with Gasteiger partial charge in [0.2, 0.25) is 0 Å². The van der Waals surface area contributed by atoms with Crippen LogP contribution < -0.4 is 10.1 Å². The first-order chi connectivity index (χ1) is 13.7. The molecule has 1 N–H and O–H groups in total. The lowest BCUT2D eigenvalue weighted by Crippen LogP contribution is -2.32. The van der Waals surface area contributed by atoms with E-state index in [1.165, 1.54) is 0 Å². The zero-order valence-electron chi connectivity index (χ0n) is 15.9. The van der Waals surface area contributed by atoms with Gasteiger partial charge in [-0.15, -0.1) is 0 Å². The fourth-order valence-electron chi connectivity index (χ4n) is 3.51. The number of carbonyl (C=O) groups excluding carboxylic acids is 1. The number of fused-ring (bicyclic) bond motifs is 1. The molecule has 3 aromatic carbocycles. The molecule has 0 bridgehead atoms. The predicted molar refractivity (Wildman–Crippen MR) is 113 cm³/mol. The minimum absolute atomic E-state index is 0.0564. The second kappa shape index (κ2) is 8.13. The van der Waals surface area contributed by atoms with Gasteiger partial charge < -0.3 is 10.1 Å². The molecule has 0 saturated heterocycles. The van der Waals surface area contributed by atoms with Gasteiger partial charge in [-0.05, 0) is 30.2 Å². The first kappa shape index (κ1) is 18.1. The predicted octanol–water partition coefficient (Wildman–Crippen LogP) is 5.18. The summed E-state index contributed by atoms with van der Waals surface area (Å²) in [6, 6.07) is 25.8. The summed E-state index contributed by atoms with van der Waals surface area (Å²) >= 11 is 0. The third-order valence-corrected chi connectivity index (χ3v) is 4.95. The van der Waals surface area contributed by atoms with Gasteiger partial charge in [0.1, 0.15) is 5.75 Å². The fraction of sp³-hybridized carbons (Fsp3) is 0.160. The number of rotatable bonds is 4. The van der Waals surface area contributed by atoms with Gasteiger partial charge in [0.15, 0.2) is 0 Å². The normalized spacial score (nSPS) is 16.0. The molecular weight excluding hydrogens is 346 g/mol. The van der Waals surface area contributed by atoms with Crippen LogP contribution in [0.15, 0.2) is 78.9 Å². The molecule has 0 spiro atoms. The van der Waals surface area contributed by atoms with E-state index in [2.05, 4.69) is 18.3 Å². The van der Waals surface area contributed by atoms with Gasteiger partial charge >= 0.3 is 0 Å². The highest BCUT2D eigenvalue weighted by molar-refractivity contribution is 6.24. The van der Waals surface area contributed by atoms with Crippen LogP contribution in [0.2, 0.25) is 0 Å². The quantitative estimate of drug-likeness (QED) is 0.509. The lowest BCUT2D eigenvalue weighted by atomic mass is 9.97. The molecule has 3 heteroatoms. The van der Waals surface area contributed by atoms with E-state index in [4.69, 9.17) is 4.74 Å². The topological polar surface area (TPSA) is 38.3 Å². The van der Waals surface area contributed by atoms with Crippen molar-refractivity contribution in [2.45, 2.75) is 19.4 Å². The van der Waals surface area contributed by atoms with Crippen LogP contribution in [0.5, 0.6) is 5.75 Å². The Bertz CT molecular complexity index is 994. The third kappa shape index (κ3) is 3.99. The van der Waals surface area contributed by atoms with Crippen LogP contribution >= 0.6 is 0 Å². The number of benzene rings is 3. The molecule has 1 atom stereocenters. The summed E-state index contributed by atoms with van der Waals surface area (Å²) < 4.78 is 5.77. The van der Waals surface area contributed by atoms with E-state index in [0.717, 1.165) is 34.4 Å². The van der Waals surface area contributed by atoms with Crippen LogP contribution in [0, 0.1) is 6.92 Å². The van der Waals surface area contributed by atoms with E-state index >= 15 is 0 Å². The molecular formula is C25H23NO2. The highest BCUT2D eigenvalue weighted by Gasteiger charge is 2.24. The molecule has 1 aliphatic rings. The maximum Gasteiger partial charge on any atom is 0.252 e. The Kier molecular flexibility index (Phi) is 5.24. The molecule has 1 aliphatic heterocycles. The van der Waals surface area contributed by atoms with Crippen molar-refractivity contribution in [2.24, 2.45) is 0 Å². The van der Waals surface area contributed by atoms with E-state index in [9.17, 15) is 4.79 Å². The van der Waals surface area contributed by atoms with Crippen LogP contribution in [0.4, 0.5) is 0 Å². The Morgan fingerprint density at radius 1 is 1.00 bits per heavy atom. The number of hydrogen-bond acceptors (Lipinski definition) is 2. The second-order valence-electron chi connectivity index (χ2n) is 7.04. The molecule has 0 aliphatic carbocycles. The molecule has 140 valence electrons. The Labute approximate surface area is 165 Å². The minimum Gasteiger partial charge on any atom is -0.493 e. The maximum atomic E-state index is 13.3. The zero-order chi connectivity index (χ0) is 19.3. The fourth-order valence-corrected chi connectivity index (χ4v) is 3.51. The number of nitrogens with one attached hydrogen (secondary N) is 1. The summed E-state index contributed by atoms with van der Waals surface area (Å²) in [6.45, 7) is 2.66. The molecule has 1 unspecified atom stereocenters. The van der Waals surface area contributed by atoms with E-state index in [1.54, 1.807) is 0 Å². The molecule has 0 saturated carbocycles. The van der Waals surface area contributed by atoms with Crippen molar-refractivity contribution in [3.8, 4) is 5.75 Å². The molecule has 3 nitrogen and oxygen atoms in total. The van der Waals surface area contributed by atoms with E-state index in [1.807, 2.05) is 78.9 Å². The molecule has 1 heterocycles. The average Bonchev–Trinajstić information content (AvgIpc) is 2.74. The molecule has 4 rings (SSSR count). The lowest BCUT2D eigenvalue weighted by Gasteiger charge is -2.27. The summed E-state index contributed by atoms with van der Waals surface area (Å²) in [6.07, 6.45) is 2.71. The van der Waals surface area contributed by atoms with E-state index in [0.29, 0.717) is 12.2 Å². The summed E-state index contributed by atoms with van der Waals surface area (Å²) in [7, 11) is 0. The summed E-state index contributed by atoms with van der Waals surface area (Å²) in [4.78, 5) is 13.3. The molecule has 0 aromatic heterocycles.